The molecule has 0 bridgehead atoms. The lowest BCUT2D eigenvalue weighted by Gasteiger charge is -2.42. The second-order valence-electron chi connectivity index (χ2n) is 4.76. The number of aromatic nitrogens is 1. The lowest BCUT2D eigenvalue weighted by Crippen LogP contribution is -2.50. The largest absolute Gasteiger partial charge is 0.506 e. The van der Waals surface area contributed by atoms with Gasteiger partial charge in [-0.3, -0.25) is 4.98 Å². The molecule has 1 aromatic rings. The summed E-state index contributed by atoms with van der Waals surface area (Å²) >= 11 is 0. The highest BCUT2D eigenvalue weighted by molar-refractivity contribution is 5.27. The summed E-state index contributed by atoms with van der Waals surface area (Å²) in [5.41, 5.74) is 2.02. The molecule has 16 heavy (non-hydrogen) atoms. The zero-order chi connectivity index (χ0) is 11.6. The quantitative estimate of drug-likeness (QED) is 0.819. The maximum Gasteiger partial charge on any atom is 0.138 e. The van der Waals surface area contributed by atoms with Crippen LogP contribution < -0.4 is 5.32 Å². The first kappa shape index (κ1) is 11.4. The molecule has 0 radical (unpaired) electrons. The van der Waals surface area contributed by atoms with E-state index in [1.807, 2.05) is 13.0 Å². The van der Waals surface area contributed by atoms with Crippen LogP contribution in [-0.4, -0.2) is 15.6 Å². The van der Waals surface area contributed by atoms with Crippen LogP contribution in [0.5, 0.6) is 5.75 Å². The summed E-state index contributed by atoms with van der Waals surface area (Å²) in [5, 5.41) is 13.2. The predicted molar refractivity (Wildman–Crippen MR) is 64.4 cm³/mol. The number of hydrogen-bond donors (Lipinski definition) is 2. The third-order valence-electron chi connectivity index (χ3n) is 3.71. The van der Waals surface area contributed by atoms with Crippen LogP contribution in [0.1, 0.15) is 44.0 Å². The van der Waals surface area contributed by atoms with E-state index in [1.54, 1.807) is 6.07 Å². The Hall–Kier alpha value is -1.09. The Bertz CT molecular complexity index is 367. The normalized spacial score (nSPS) is 18.1. The summed E-state index contributed by atoms with van der Waals surface area (Å²) in [6.07, 6.45) is 4.96. The molecule has 88 valence electrons. The highest BCUT2D eigenvalue weighted by Crippen LogP contribution is 2.35. The first-order valence-electron chi connectivity index (χ1n) is 6.06. The van der Waals surface area contributed by atoms with Crippen molar-refractivity contribution < 1.29 is 5.11 Å². The molecule has 1 saturated carbocycles. The van der Waals surface area contributed by atoms with Crippen LogP contribution in [0.15, 0.2) is 12.1 Å². The Morgan fingerprint density at radius 2 is 2.19 bits per heavy atom. The van der Waals surface area contributed by atoms with Crippen molar-refractivity contribution in [2.45, 2.75) is 51.6 Å². The third-order valence-corrected chi connectivity index (χ3v) is 3.71. The zero-order valence-corrected chi connectivity index (χ0v) is 10.1. The average molecular weight is 220 g/mol. The second-order valence-corrected chi connectivity index (χ2v) is 4.76. The van der Waals surface area contributed by atoms with Gasteiger partial charge in [-0.1, -0.05) is 6.92 Å². The summed E-state index contributed by atoms with van der Waals surface area (Å²) in [6.45, 7) is 4.83. The van der Waals surface area contributed by atoms with Crippen molar-refractivity contribution in [3.8, 4) is 5.75 Å². The van der Waals surface area contributed by atoms with Gasteiger partial charge in [0, 0.05) is 17.8 Å². The molecule has 2 N–H and O–H groups in total. The van der Waals surface area contributed by atoms with E-state index in [1.165, 1.54) is 19.3 Å². The number of rotatable bonds is 4. The third kappa shape index (κ3) is 2.19. The molecule has 0 atom stereocenters. The van der Waals surface area contributed by atoms with Crippen molar-refractivity contribution >= 4 is 0 Å². The standard InChI is InChI=1S/C13H20N2O/c1-3-13(7-4-8-13)14-9-11-12(16)6-5-10(2)15-11/h5-6,14,16H,3-4,7-9H2,1-2H3. The van der Waals surface area contributed by atoms with Crippen LogP contribution in [-0.2, 0) is 6.54 Å². The molecule has 1 aliphatic rings. The van der Waals surface area contributed by atoms with Crippen molar-refractivity contribution in [2.75, 3.05) is 0 Å². The topological polar surface area (TPSA) is 45.2 Å². The van der Waals surface area contributed by atoms with Gasteiger partial charge in [-0.2, -0.15) is 0 Å². The molecule has 0 aliphatic heterocycles. The van der Waals surface area contributed by atoms with Gasteiger partial charge in [0.05, 0.1) is 5.69 Å². The van der Waals surface area contributed by atoms with E-state index in [-0.39, 0.29) is 0 Å². The molecule has 1 heterocycles. The average Bonchev–Trinajstić information content (AvgIpc) is 2.22. The molecule has 0 saturated heterocycles. The van der Waals surface area contributed by atoms with Crippen molar-refractivity contribution in [3.05, 3.63) is 23.5 Å². The zero-order valence-electron chi connectivity index (χ0n) is 10.1. The van der Waals surface area contributed by atoms with Crippen LogP contribution in [0.25, 0.3) is 0 Å². The summed E-state index contributed by atoms with van der Waals surface area (Å²) in [6, 6.07) is 3.55. The summed E-state index contributed by atoms with van der Waals surface area (Å²) < 4.78 is 0. The predicted octanol–water partition coefficient (Wildman–Crippen LogP) is 2.52. The highest BCUT2D eigenvalue weighted by atomic mass is 16.3. The van der Waals surface area contributed by atoms with E-state index < -0.39 is 0 Å². The molecule has 0 amide bonds. The molecule has 0 unspecified atom stereocenters. The van der Waals surface area contributed by atoms with Gasteiger partial charge >= 0.3 is 0 Å². The van der Waals surface area contributed by atoms with Crippen molar-refractivity contribution in [3.63, 3.8) is 0 Å². The number of aromatic hydroxyl groups is 1. The first-order chi connectivity index (χ1) is 7.65. The number of hydrogen-bond acceptors (Lipinski definition) is 3. The van der Waals surface area contributed by atoms with E-state index in [9.17, 15) is 5.11 Å². The summed E-state index contributed by atoms with van der Waals surface area (Å²) in [4.78, 5) is 4.36. The highest BCUT2D eigenvalue weighted by Gasteiger charge is 2.34. The molecule has 3 nitrogen and oxygen atoms in total. The maximum absolute atomic E-state index is 9.69. The number of pyridine rings is 1. The lowest BCUT2D eigenvalue weighted by molar-refractivity contribution is 0.174. The fraction of sp³-hybridized carbons (Fsp3) is 0.615. The Kier molecular flexibility index (Phi) is 3.15. The molecule has 1 aliphatic carbocycles. The van der Waals surface area contributed by atoms with Crippen LogP contribution >= 0.6 is 0 Å². The fourth-order valence-electron chi connectivity index (χ4n) is 2.26. The number of nitrogens with zero attached hydrogens (tertiary/aromatic N) is 1. The first-order valence-corrected chi connectivity index (χ1v) is 6.06. The Balaban J connectivity index is 2.01. The number of aryl methyl sites for hydroxylation is 1. The molecular weight excluding hydrogens is 200 g/mol. The minimum Gasteiger partial charge on any atom is -0.506 e. The smallest absolute Gasteiger partial charge is 0.138 e. The molecule has 2 rings (SSSR count). The fourth-order valence-corrected chi connectivity index (χ4v) is 2.26. The van der Waals surface area contributed by atoms with Crippen LogP contribution in [0, 0.1) is 6.92 Å². The summed E-state index contributed by atoms with van der Waals surface area (Å²) in [5.74, 6) is 0.295. The molecule has 0 spiro atoms. The molecule has 1 fully saturated rings. The number of nitrogens with one attached hydrogen (secondary N) is 1. The molecule has 1 aromatic heterocycles. The maximum atomic E-state index is 9.69. The van der Waals surface area contributed by atoms with Gasteiger partial charge in [-0.15, -0.1) is 0 Å². The second kappa shape index (κ2) is 4.42. The minimum atomic E-state index is 0.295. The van der Waals surface area contributed by atoms with Gasteiger partial charge in [0.2, 0.25) is 0 Å². The molecular formula is C13H20N2O. The van der Waals surface area contributed by atoms with E-state index in [4.69, 9.17) is 0 Å². The Morgan fingerprint density at radius 1 is 1.44 bits per heavy atom. The lowest BCUT2D eigenvalue weighted by atomic mass is 9.75. The van der Waals surface area contributed by atoms with Crippen LogP contribution in [0.3, 0.4) is 0 Å². The molecule has 0 aromatic carbocycles. The van der Waals surface area contributed by atoms with Gasteiger partial charge in [0.1, 0.15) is 5.75 Å². The van der Waals surface area contributed by atoms with Gasteiger partial charge in [-0.25, -0.2) is 0 Å². The van der Waals surface area contributed by atoms with Gasteiger partial charge < -0.3 is 10.4 Å². The van der Waals surface area contributed by atoms with Gasteiger partial charge in [-0.05, 0) is 44.7 Å². The van der Waals surface area contributed by atoms with E-state index in [0.29, 0.717) is 17.8 Å². The Morgan fingerprint density at radius 3 is 2.75 bits per heavy atom. The van der Waals surface area contributed by atoms with Gasteiger partial charge in [0.15, 0.2) is 0 Å². The van der Waals surface area contributed by atoms with Crippen molar-refractivity contribution in [2.24, 2.45) is 0 Å². The van der Waals surface area contributed by atoms with E-state index >= 15 is 0 Å². The van der Waals surface area contributed by atoms with E-state index in [2.05, 4.69) is 17.2 Å². The SMILES string of the molecule is CCC1(NCc2nc(C)ccc2O)CCC1. The molecule has 3 heteroatoms. The van der Waals surface area contributed by atoms with Crippen molar-refractivity contribution in [1.29, 1.82) is 0 Å². The van der Waals surface area contributed by atoms with Gasteiger partial charge in [0.25, 0.3) is 0 Å². The van der Waals surface area contributed by atoms with Crippen molar-refractivity contribution in [1.82, 2.24) is 10.3 Å². The minimum absolute atomic E-state index is 0.295. The van der Waals surface area contributed by atoms with Crippen LogP contribution in [0.2, 0.25) is 0 Å². The summed E-state index contributed by atoms with van der Waals surface area (Å²) in [7, 11) is 0. The monoisotopic (exact) mass is 220 g/mol. The van der Waals surface area contributed by atoms with Crippen LogP contribution in [0.4, 0.5) is 0 Å². The Labute approximate surface area is 96.9 Å². The van der Waals surface area contributed by atoms with E-state index in [0.717, 1.165) is 17.8 Å².